The molecule has 0 bridgehead atoms. The van der Waals surface area contributed by atoms with E-state index in [4.69, 9.17) is 5.11 Å². The maximum absolute atomic E-state index is 10.4. The summed E-state index contributed by atoms with van der Waals surface area (Å²) >= 11 is 0. The summed E-state index contributed by atoms with van der Waals surface area (Å²) in [6.07, 6.45) is 4.08. The second kappa shape index (κ2) is 5.93. The molecule has 0 saturated heterocycles. The predicted molar refractivity (Wildman–Crippen MR) is 68.7 cm³/mol. The van der Waals surface area contributed by atoms with Gasteiger partial charge in [-0.15, -0.1) is 0 Å². The van der Waals surface area contributed by atoms with E-state index in [1.165, 1.54) is 0 Å². The van der Waals surface area contributed by atoms with E-state index < -0.39 is 0 Å². The van der Waals surface area contributed by atoms with E-state index in [2.05, 4.69) is 10.3 Å². The van der Waals surface area contributed by atoms with Crippen LogP contribution in [-0.4, -0.2) is 23.1 Å². The second-order valence-electron chi connectivity index (χ2n) is 3.88. The molecule has 0 aliphatic carbocycles. The summed E-state index contributed by atoms with van der Waals surface area (Å²) in [6.45, 7) is -0.118. The predicted octanol–water partition coefficient (Wildman–Crippen LogP) is 1.53. The Bertz CT molecular complexity index is 497. The molecule has 4 nitrogen and oxygen atoms in total. The highest BCUT2D eigenvalue weighted by Gasteiger charge is 2.08. The first-order valence-corrected chi connectivity index (χ1v) is 5.66. The number of hydrogen-bond acceptors (Lipinski definition) is 3. The number of nitrogens with zero attached hydrogens (tertiary/aromatic N) is 1. The van der Waals surface area contributed by atoms with Gasteiger partial charge < -0.3 is 10.4 Å². The number of nitrogens with one attached hydrogen (secondary N) is 1. The zero-order chi connectivity index (χ0) is 12.8. The van der Waals surface area contributed by atoms with Gasteiger partial charge in [-0.3, -0.25) is 9.78 Å². The number of aromatic nitrogens is 1. The van der Waals surface area contributed by atoms with Crippen LogP contribution in [0, 0.1) is 0 Å². The highest BCUT2D eigenvalue weighted by Crippen LogP contribution is 2.21. The number of pyridine rings is 1. The van der Waals surface area contributed by atoms with Crippen LogP contribution >= 0.6 is 0 Å². The average Bonchev–Trinajstić information content (AvgIpc) is 2.46. The lowest BCUT2D eigenvalue weighted by molar-refractivity contribution is -0.110. The Morgan fingerprint density at radius 2 is 1.72 bits per heavy atom. The molecule has 1 aromatic heterocycles. The fraction of sp³-hybridized carbons (Fsp3) is 0.143. The molecule has 4 heteroatoms. The standard InChI is InChI=1S/C14H14N2O2/c17-9-14(16-10-18)13-3-1-11(2-4-13)12-5-7-15-8-6-12/h1-8,10,14,17H,9H2,(H,16,18). The van der Waals surface area contributed by atoms with Gasteiger partial charge >= 0.3 is 0 Å². The Hall–Kier alpha value is -2.20. The Balaban J connectivity index is 2.22. The second-order valence-corrected chi connectivity index (χ2v) is 3.88. The molecule has 1 aromatic carbocycles. The van der Waals surface area contributed by atoms with Gasteiger partial charge in [-0.1, -0.05) is 24.3 Å². The van der Waals surface area contributed by atoms with Gasteiger partial charge in [0, 0.05) is 12.4 Å². The third-order valence-electron chi connectivity index (χ3n) is 2.78. The summed E-state index contributed by atoms with van der Waals surface area (Å²) in [5.74, 6) is 0. The molecule has 1 amide bonds. The molecule has 1 atom stereocenters. The topological polar surface area (TPSA) is 62.2 Å². The summed E-state index contributed by atoms with van der Waals surface area (Å²) in [5, 5.41) is 11.7. The highest BCUT2D eigenvalue weighted by molar-refractivity contribution is 5.63. The van der Waals surface area contributed by atoms with Crippen LogP contribution in [0.2, 0.25) is 0 Å². The van der Waals surface area contributed by atoms with Crippen LogP contribution in [-0.2, 0) is 4.79 Å². The Morgan fingerprint density at radius 1 is 1.11 bits per heavy atom. The molecule has 0 radical (unpaired) electrons. The van der Waals surface area contributed by atoms with E-state index in [0.29, 0.717) is 6.41 Å². The van der Waals surface area contributed by atoms with Gasteiger partial charge in [0.1, 0.15) is 0 Å². The van der Waals surface area contributed by atoms with Crippen LogP contribution in [0.1, 0.15) is 11.6 Å². The molecule has 1 unspecified atom stereocenters. The lowest BCUT2D eigenvalue weighted by Gasteiger charge is -2.13. The molecule has 0 aliphatic heterocycles. The molecule has 0 fully saturated rings. The van der Waals surface area contributed by atoms with Crippen LogP contribution in [0.25, 0.3) is 11.1 Å². The number of carbonyl (C=O) groups excluding carboxylic acids is 1. The van der Waals surface area contributed by atoms with E-state index >= 15 is 0 Å². The number of carbonyl (C=O) groups is 1. The van der Waals surface area contributed by atoms with Gasteiger partial charge in [-0.2, -0.15) is 0 Å². The minimum absolute atomic E-state index is 0.118. The molecule has 92 valence electrons. The summed E-state index contributed by atoms with van der Waals surface area (Å²) < 4.78 is 0. The first-order valence-electron chi connectivity index (χ1n) is 5.66. The van der Waals surface area contributed by atoms with Crippen molar-refractivity contribution in [2.75, 3.05) is 6.61 Å². The number of aliphatic hydroxyl groups is 1. The molecule has 2 aromatic rings. The van der Waals surface area contributed by atoms with Crippen molar-refractivity contribution in [2.24, 2.45) is 0 Å². The zero-order valence-electron chi connectivity index (χ0n) is 9.78. The first-order chi connectivity index (χ1) is 8.85. The van der Waals surface area contributed by atoms with Gasteiger partial charge in [-0.05, 0) is 28.8 Å². The largest absolute Gasteiger partial charge is 0.394 e. The number of benzene rings is 1. The maximum Gasteiger partial charge on any atom is 0.207 e. The van der Waals surface area contributed by atoms with Crippen molar-refractivity contribution in [1.82, 2.24) is 10.3 Å². The van der Waals surface area contributed by atoms with Crippen LogP contribution in [0.4, 0.5) is 0 Å². The summed E-state index contributed by atoms with van der Waals surface area (Å²) in [4.78, 5) is 14.4. The van der Waals surface area contributed by atoms with E-state index in [9.17, 15) is 4.79 Å². The summed E-state index contributed by atoms with van der Waals surface area (Å²) in [6, 6.07) is 11.2. The molecule has 2 rings (SSSR count). The van der Waals surface area contributed by atoms with E-state index in [0.717, 1.165) is 16.7 Å². The first kappa shape index (κ1) is 12.3. The van der Waals surface area contributed by atoms with Gasteiger partial charge in [0.05, 0.1) is 12.6 Å². The van der Waals surface area contributed by atoms with Crippen molar-refractivity contribution < 1.29 is 9.90 Å². The van der Waals surface area contributed by atoms with E-state index in [1.807, 2.05) is 36.4 Å². The third-order valence-corrected chi connectivity index (χ3v) is 2.78. The normalized spacial score (nSPS) is 11.8. The number of aliphatic hydroxyl groups excluding tert-OH is 1. The summed E-state index contributed by atoms with van der Waals surface area (Å²) in [5.41, 5.74) is 3.03. The summed E-state index contributed by atoms with van der Waals surface area (Å²) in [7, 11) is 0. The highest BCUT2D eigenvalue weighted by atomic mass is 16.3. The fourth-order valence-corrected chi connectivity index (χ4v) is 1.79. The van der Waals surface area contributed by atoms with Crippen molar-refractivity contribution >= 4 is 6.41 Å². The molecular formula is C14H14N2O2. The van der Waals surface area contributed by atoms with Crippen molar-refractivity contribution in [3.05, 3.63) is 54.4 Å². The number of hydrogen-bond donors (Lipinski definition) is 2. The van der Waals surface area contributed by atoms with Gasteiger partial charge in [0.2, 0.25) is 6.41 Å². The minimum Gasteiger partial charge on any atom is -0.394 e. The quantitative estimate of drug-likeness (QED) is 0.781. The van der Waals surface area contributed by atoms with Gasteiger partial charge in [-0.25, -0.2) is 0 Å². The van der Waals surface area contributed by atoms with Crippen LogP contribution < -0.4 is 5.32 Å². The monoisotopic (exact) mass is 242 g/mol. The Morgan fingerprint density at radius 3 is 2.28 bits per heavy atom. The number of amides is 1. The third kappa shape index (κ3) is 2.73. The zero-order valence-corrected chi connectivity index (χ0v) is 9.78. The van der Waals surface area contributed by atoms with Crippen molar-refractivity contribution in [3.8, 4) is 11.1 Å². The van der Waals surface area contributed by atoms with Crippen LogP contribution in [0.5, 0.6) is 0 Å². The minimum atomic E-state index is -0.353. The molecular weight excluding hydrogens is 228 g/mol. The Labute approximate surface area is 105 Å². The molecule has 18 heavy (non-hydrogen) atoms. The maximum atomic E-state index is 10.4. The smallest absolute Gasteiger partial charge is 0.207 e. The molecule has 0 saturated carbocycles. The molecule has 0 spiro atoms. The van der Waals surface area contributed by atoms with E-state index in [-0.39, 0.29) is 12.6 Å². The lowest BCUT2D eigenvalue weighted by Crippen LogP contribution is -2.22. The number of rotatable bonds is 5. The van der Waals surface area contributed by atoms with Crippen LogP contribution in [0.3, 0.4) is 0 Å². The van der Waals surface area contributed by atoms with Crippen LogP contribution in [0.15, 0.2) is 48.8 Å². The fourth-order valence-electron chi connectivity index (χ4n) is 1.79. The van der Waals surface area contributed by atoms with E-state index in [1.54, 1.807) is 12.4 Å². The SMILES string of the molecule is O=CNC(CO)c1ccc(-c2ccncc2)cc1. The van der Waals surface area contributed by atoms with Crippen molar-refractivity contribution in [2.45, 2.75) is 6.04 Å². The lowest BCUT2D eigenvalue weighted by atomic mass is 10.0. The molecule has 2 N–H and O–H groups in total. The van der Waals surface area contributed by atoms with Crippen molar-refractivity contribution in [3.63, 3.8) is 0 Å². The molecule has 0 aliphatic rings. The Kier molecular flexibility index (Phi) is 4.04. The average molecular weight is 242 g/mol. The van der Waals surface area contributed by atoms with Gasteiger partial charge in [0.25, 0.3) is 0 Å². The van der Waals surface area contributed by atoms with Crippen molar-refractivity contribution in [1.29, 1.82) is 0 Å². The molecule has 1 heterocycles. The van der Waals surface area contributed by atoms with Gasteiger partial charge in [0.15, 0.2) is 0 Å².